The second-order valence-electron chi connectivity index (χ2n) is 6.03. The van der Waals surface area contributed by atoms with Gasteiger partial charge in [-0.25, -0.2) is 0 Å². The third-order valence-corrected chi connectivity index (χ3v) is 3.91. The number of alkyl halides is 3. The Labute approximate surface area is 101 Å². The van der Waals surface area contributed by atoms with Crippen LogP contribution in [-0.2, 0) is 0 Å². The maximum absolute atomic E-state index is 12.1. The van der Waals surface area contributed by atoms with Gasteiger partial charge >= 0.3 is 6.18 Å². The summed E-state index contributed by atoms with van der Waals surface area (Å²) in [6.45, 7) is 4.31. The van der Waals surface area contributed by atoms with Crippen LogP contribution in [0.3, 0.4) is 0 Å². The van der Waals surface area contributed by atoms with Crippen molar-refractivity contribution in [1.29, 1.82) is 5.26 Å². The molecule has 0 aromatic heterocycles. The Morgan fingerprint density at radius 1 is 1.12 bits per heavy atom. The van der Waals surface area contributed by atoms with Gasteiger partial charge in [-0.15, -0.1) is 0 Å². The molecule has 1 saturated carbocycles. The predicted molar refractivity (Wildman–Crippen MR) is 60.2 cm³/mol. The van der Waals surface area contributed by atoms with Crippen LogP contribution >= 0.6 is 0 Å². The summed E-state index contributed by atoms with van der Waals surface area (Å²) in [5.74, 6) is 0. The molecule has 0 heterocycles. The van der Waals surface area contributed by atoms with Gasteiger partial charge in [0.05, 0.1) is 11.5 Å². The molecule has 98 valence electrons. The Bertz CT molecular complexity index is 289. The van der Waals surface area contributed by atoms with E-state index in [9.17, 15) is 18.4 Å². The molecule has 1 aliphatic carbocycles. The fourth-order valence-corrected chi connectivity index (χ4v) is 2.45. The summed E-state index contributed by atoms with van der Waals surface area (Å²) >= 11 is 0. The molecular formula is C13H20F3N. The predicted octanol–water partition coefficient (Wildman–Crippen LogP) is 4.83. The van der Waals surface area contributed by atoms with Crippen molar-refractivity contribution in [2.75, 3.05) is 0 Å². The number of halogens is 3. The summed E-state index contributed by atoms with van der Waals surface area (Å²) in [6, 6.07) is 2.27. The van der Waals surface area contributed by atoms with Gasteiger partial charge in [0, 0.05) is 6.42 Å². The smallest absolute Gasteiger partial charge is 0.198 e. The van der Waals surface area contributed by atoms with Gasteiger partial charge in [0.15, 0.2) is 0 Å². The van der Waals surface area contributed by atoms with Crippen LogP contribution in [0, 0.1) is 22.2 Å². The molecule has 1 nitrogen and oxygen atoms in total. The summed E-state index contributed by atoms with van der Waals surface area (Å²) in [5.41, 5.74) is -0.259. The molecule has 0 atom stereocenters. The monoisotopic (exact) mass is 247 g/mol. The zero-order valence-corrected chi connectivity index (χ0v) is 10.5. The first-order valence-corrected chi connectivity index (χ1v) is 6.16. The molecule has 0 N–H and O–H groups in total. The molecule has 1 aliphatic rings. The summed E-state index contributed by atoms with van der Waals surface area (Å²) in [5, 5.41) is 9.21. The average molecular weight is 247 g/mol. The highest BCUT2D eigenvalue weighted by Crippen LogP contribution is 2.47. The molecule has 0 bridgehead atoms. The summed E-state index contributed by atoms with van der Waals surface area (Å²) in [7, 11) is 0. The SMILES string of the molecule is CC1(C)CCC(C#N)(CCCC(F)(F)F)CC1. The van der Waals surface area contributed by atoms with Gasteiger partial charge in [-0.1, -0.05) is 13.8 Å². The molecule has 17 heavy (non-hydrogen) atoms. The van der Waals surface area contributed by atoms with E-state index in [0.29, 0.717) is 6.42 Å². The molecule has 1 rings (SSSR count). The Hall–Kier alpha value is -0.720. The van der Waals surface area contributed by atoms with E-state index in [1.165, 1.54) is 0 Å². The first kappa shape index (κ1) is 14.3. The van der Waals surface area contributed by atoms with Crippen LogP contribution in [0.2, 0.25) is 0 Å². The van der Waals surface area contributed by atoms with Crippen molar-refractivity contribution in [3.05, 3.63) is 0 Å². The van der Waals surface area contributed by atoms with Crippen molar-refractivity contribution >= 4 is 0 Å². The minimum absolute atomic E-state index is 0.0808. The lowest BCUT2D eigenvalue weighted by Gasteiger charge is -2.39. The van der Waals surface area contributed by atoms with Crippen LogP contribution in [0.4, 0.5) is 13.2 Å². The lowest BCUT2D eigenvalue weighted by molar-refractivity contribution is -0.136. The second-order valence-corrected chi connectivity index (χ2v) is 6.03. The lowest BCUT2D eigenvalue weighted by Crippen LogP contribution is -2.30. The van der Waals surface area contributed by atoms with Gasteiger partial charge in [-0.2, -0.15) is 18.4 Å². The third kappa shape index (κ3) is 4.57. The third-order valence-electron chi connectivity index (χ3n) is 3.91. The highest BCUT2D eigenvalue weighted by Gasteiger charge is 2.39. The van der Waals surface area contributed by atoms with Crippen molar-refractivity contribution in [1.82, 2.24) is 0 Å². The first-order chi connectivity index (χ1) is 7.68. The van der Waals surface area contributed by atoms with Crippen molar-refractivity contribution in [3.63, 3.8) is 0 Å². The van der Waals surface area contributed by atoms with E-state index in [2.05, 4.69) is 19.9 Å². The van der Waals surface area contributed by atoms with Gasteiger partial charge in [-0.3, -0.25) is 0 Å². The maximum atomic E-state index is 12.1. The van der Waals surface area contributed by atoms with Gasteiger partial charge in [0.25, 0.3) is 0 Å². The molecule has 4 heteroatoms. The standard InChI is InChI=1S/C13H20F3N/c1-11(2)6-8-12(10-17,9-7-11)4-3-5-13(14,15)16/h3-9H2,1-2H3. The molecule has 0 aromatic carbocycles. The molecule has 0 radical (unpaired) electrons. The number of rotatable bonds is 3. The first-order valence-electron chi connectivity index (χ1n) is 6.16. The summed E-state index contributed by atoms with van der Waals surface area (Å²) in [4.78, 5) is 0. The van der Waals surface area contributed by atoms with Crippen molar-refractivity contribution in [3.8, 4) is 6.07 Å². The van der Waals surface area contributed by atoms with Crippen LogP contribution < -0.4 is 0 Å². The number of nitriles is 1. The van der Waals surface area contributed by atoms with E-state index in [1.54, 1.807) is 0 Å². The highest BCUT2D eigenvalue weighted by atomic mass is 19.4. The number of hydrogen-bond acceptors (Lipinski definition) is 1. The molecule has 0 unspecified atom stereocenters. The number of hydrogen-bond donors (Lipinski definition) is 0. The van der Waals surface area contributed by atoms with Crippen LogP contribution in [0.25, 0.3) is 0 Å². The van der Waals surface area contributed by atoms with E-state index < -0.39 is 18.0 Å². The van der Waals surface area contributed by atoms with Gasteiger partial charge in [0.2, 0.25) is 0 Å². The fourth-order valence-electron chi connectivity index (χ4n) is 2.45. The van der Waals surface area contributed by atoms with Crippen LogP contribution in [-0.4, -0.2) is 6.18 Å². The zero-order valence-electron chi connectivity index (χ0n) is 10.5. The van der Waals surface area contributed by atoms with E-state index in [-0.39, 0.29) is 11.8 Å². The molecule has 0 aliphatic heterocycles. The second kappa shape index (κ2) is 4.88. The topological polar surface area (TPSA) is 23.8 Å². The summed E-state index contributed by atoms with van der Waals surface area (Å²) in [6.07, 6.45) is -1.02. The maximum Gasteiger partial charge on any atom is 0.389 e. The Kier molecular flexibility index (Phi) is 4.11. The minimum atomic E-state index is -4.09. The van der Waals surface area contributed by atoms with E-state index >= 15 is 0 Å². The largest absolute Gasteiger partial charge is 0.389 e. The van der Waals surface area contributed by atoms with Gasteiger partial charge in [-0.05, 0) is 43.9 Å². The molecular weight excluding hydrogens is 227 g/mol. The molecule has 0 aromatic rings. The normalized spacial score (nSPS) is 23.1. The Balaban J connectivity index is 2.47. The number of nitrogens with zero attached hydrogens (tertiary/aromatic N) is 1. The fraction of sp³-hybridized carbons (Fsp3) is 0.923. The van der Waals surface area contributed by atoms with Crippen LogP contribution in [0.15, 0.2) is 0 Å². The van der Waals surface area contributed by atoms with Crippen LogP contribution in [0.1, 0.15) is 58.8 Å². The molecule has 0 spiro atoms. The van der Waals surface area contributed by atoms with Crippen molar-refractivity contribution in [2.45, 2.75) is 65.0 Å². The molecule has 1 fully saturated rings. The Morgan fingerprint density at radius 3 is 2.06 bits per heavy atom. The van der Waals surface area contributed by atoms with Gasteiger partial charge < -0.3 is 0 Å². The van der Waals surface area contributed by atoms with Gasteiger partial charge in [0.1, 0.15) is 0 Å². The van der Waals surface area contributed by atoms with Crippen molar-refractivity contribution in [2.24, 2.45) is 10.8 Å². The van der Waals surface area contributed by atoms with E-state index in [1.807, 2.05) is 0 Å². The average Bonchev–Trinajstić information content (AvgIpc) is 2.19. The quantitative estimate of drug-likeness (QED) is 0.700. The molecule has 0 saturated heterocycles. The van der Waals surface area contributed by atoms with E-state index in [4.69, 9.17) is 0 Å². The van der Waals surface area contributed by atoms with Crippen molar-refractivity contribution < 1.29 is 13.2 Å². The molecule has 0 amide bonds. The minimum Gasteiger partial charge on any atom is -0.198 e. The zero-order chi connectivity index (χ0) is 13.2. The van der Waals surface area contributed by atoms with E-state index in [0.717, 1.165) is 25.7 Å². The van der Waals surface area contributed by atoms with Crippen LogP contribution in [0.5, 0.6) is 0 Å². The lowest BCUT2D eigenvalue weighted by atomic mass is 9.64. The Morgan fingerprint density at radius 2 is 1.65 bits per heavy atom. The summed E-state index contributed by atoms with van der Waals surface area (Å²) < 4.78 is 36.2. The highest BCUT2D eigenvalue weighted by molar-refractivity contribution is 5.02.